The van der Waals surface area contributed by atoms with E-state index in [1.54, 1.807) is 0 Å². The Morgan fingerprint density at radius 1 is 0.706 bits per heavy atom. The molecule has 2 aliphatic heterocycles. The van der Waals surface area contributed by atoms with Gasteiger partial charge in [0.05, 0.1) is 20.3 Å². The normalized spacial score (nSPS) is 37.2. The minimum Gasteiger partial charge on any atom is -0.411 e. The summed E-state index contributed by atoms with van der Waals surface area (Å²) >= 11 is 3.77. The molecule has 0 saturated carbocycles. The molecule has 2 rings (SSSR count). The monoisotopic (exact) mass is 608 g/mol. The molecule has 202 valence electrons. The fourth-order valence-corrected chi connectivity index (χ4v) is 21.2. The van der Waals surface area contributed by atoms with Crippen LogP contribution in [-0.4, -0.2) is 56.2 Å². The first-order valence-electron chi connectivity index (χ1n) is 14.3. The topological polar surface area (TPSA) is 27.7 Å². The molecule has 0 aromatic rings. The van der Waals surface area contributed by atoms with Gasteiger partial charge in [0.15, 0.2) is 25.0 Å². The molecule has 2 atom stereocenters. The van der Waals surface area contributed by atoms with Crippen molar-refractivity contribution in [3.63, 3.8) is 0 Å². The van der Waals surface area contributed by atoms with Crippen LogP contribution in [0.2, 0.25) is 81.6 Å². The van der Waals surface area contributed by atoms with Crippen molar-refractivity contribution in [2.45, 2.75) is 159 Å². The molecule has 2 bridgehead atoms. The Hall–Kier alpha value is 1.23. The summed E-state index contributed by atoms with van der Waals surface area (Å²) in [6.45, 7) is 21.8. The Morgan fingerprint density at radius 2 is 1.12 bits per heavy atom. The lowest BCUT2D eigenvalue weighted by Gasteiger charge is -2.50. The third-order valence-corrected chi connectivity index (χ3v) is 22.5. The molecular formula is C26H57BrO3Si4. The van der Waals surface area contributed by atoms with Crippen molar-refractivity contribution < 1.29 is 13.3 Å². The van der Waals surface area contributed by atoms with E-state index in [4.69, 9.17) is 13.3 Å². The smallest absolute Gasteiger partial charge is 0.187 e. The first-order valence-corrected chi connectivity index (χ1v) is 27.6. The van der Waals surface area contributed by atoms with Gasteiger partial charge in [-0.05, 0) is 83.6 Å². The zero-order chi connectivity index (χ0) is 25.7. The molecule has 0 aromatic carbocycles. The molecule has 0 N–H and O–H groups in total. The van der Waals surface area contributed by atoms with Gasteiger partial charge in [-0.25, -0.2) is 0 Å². The molecule has 3 nitrogen and oxygen atoms in total. The summed E-state index contributed by atoms with van der Waals surface area (Å²) in [4.78, 5) is 0. The highest BCUT2D eigenvalue weighted by molar-refractivity contribution is 9.09. The van der Waals surface area contributed by atoms with Crippen LogP contribution in [0.15, 0.2) is 0 Å². The predicted octanol–water partition coefficient (Wildman–Crippen LogP) is 9.40. The van der Waals surface area contributed by atoms with E-state index < -0.39 is 33.0 Å². The highest BCUT2D eigenvalue weighted by Crippen LogP contribution is 2.42. The molecule has 2 aliphatic rings. The van der Waals surface area contributed by atoms with Crippen LogP contribution in [0.4, 0.5) is 0 Å². The lowest BCUT2D eigenvalue weighted by molar-refractivity contribution is -0.111. The quantitative estimate of drug-likeness (QED) is 0.230. The molecule has 0 spiro atoms. The molecule has 2 saturated heterocycles. The van der Waals surface area contributed by atoms with Crippen LogP contribution in [0.1, 0.15) is 59.3 Å². The van der Waals surface area contributed by atoms with Crippen molar-refractivity contribution in [2.24, 2.45) is 0 Å². The molecule has 2 fully saturated rings. The van der Waals surface area contributed by atoms with Crippen molar-refractivity contribution in [3.05, 3.63) is 0 Å². The van der Waals surface area contributed by atoms with E-state index in [-0.39, 0.29) is 17.8 Å². The molecular weight excluding hydrogens is 553 g/mol. The minimum absolute atomic E-state index is 0.120. The summed E-state index contributed by atoms with van der Waals surface area (Å²) in [5.74, 6) is 0. The van der Waals surface area contributed by atoms with Crippen molar-refractivity contribution in [3.8, 4) is 0 Å². The van der Waals surface area contributed by atoms with Crippen molar-refractivity contribution in [1.29, 1.82) is 0 Å². The minimum atomic E-state index is -1.88. The lowest BCUT2D eigenvalue weighted by Crippen LogP contribution is -2.61. The van der Waals surface area contributed by atoms with Gasteiger partial charge in [-0.15, -0.1) is 0 Å². The van der Waals surface area contributed by atoms with Crippen molar-refractivity contribution in [2.75, 3.05) is 5.33 Å². The molecule has 2 heterocycles. The Bertz CT molecular complexity index is 597. The van der Waals surface area contributed by atoms with Crippen LogP contribution >= 0.6 is 15.9 Å². The van der Waals surface area contributed by atoms with Crippen molar-refractivity contribution in [1.82, 2.24) is 0 Å². The first kappa shape index (κ1) is 31.4. The number of alkyl halides is 1. The molecule has 0 radical (unpaired) electrons. The summed E-state index contributed by atoms with van der Waals surface area (Å²) in [7, 11) is -6.81. The van der Waals surface area contributed by atoms with Gasteiger partial charge < -0.3 is 13.3 Å². The highest BCUT2D eigenvalue weighted by Gasteiger charge is 2.50. The molecule has 0 aromatic heterocycles. The fraction of sp³-hybridized carbons (Fsp3) is 1.00. The molecule has 8 heteroatoms. The summed E-state index contributed by atoms with van der Waals surface area (Å²) in [5, 5.41) is 1.16. The van der Waals surface area contributed by atoms with Crippen LogP contribution in [-0.2, 0) is 13.3 Å². The average Bonchev–Trinajstić information content (AvgIpc) is 2.73. The second kappa shape index (κ2) is 12.9. The SMILES string of the molecule is CCC1O[Si](C)(C)CCC[Si]2(CCCBr)CCC[Si](C)(C)OC(CC)C1(C)O[Si](C)(C)CCC2. The maximum atomic E-state index is 7.39. The molecule has 0 aliphatic carbocycles. The van der Waals surface area contributed by atoms with Crippen LogP contribution in [0.3, 0.4) is 0 Å². The zero-order valence-electron chi connectivity index (χ0n) is 24.2. The van der Waals surface area contributed by atoms with Gasteiger partial charge >= 0.3 is 0 Å². The summed E-state index contributed by atoms with van der Waals surface area (Å²) in [6.07, 6.45) is 7.75. The van der Waals surface area contributed by atoms with Gasteiger partial charge in [-0.3, -0.25) is 0 Å². The Kier molecular flexibility index (Phi) is 11.9. The highest BCUT2D eigenvalue weighted by atomic mass is 79.9. The van der Waals surface area contributed by atoms with E-state index in [0.29, 0.717) is 0 Å². The largest absolute Gasteiger partial charge is 0.411 e. The third kappa shape index (κ3) is 8.91. The van der Waals surface area contributed by atoms with E-state index in [9.17, 15) is 0 Å². The molecule has 2 unspecified atom stereocenters. The summed E-state index contributed by atoms with van der Waals surface area (Å²) in [5.41, 5.74) is -0.361. The van der Waals surface area contributed by atoms with Gasteiger partial charge in [0.1, 0.15) is 5.60 Å². The van der Waals surface area contributed by atoms with E-state index in [2.05, 4.69) is 76.0 Å². The standard InChI is InChI=1S/C26H57BrO3Si4/c1-10-24-26(3)25(11-2)29-32(6,7)18-14-22-34(20-12-16-27,21-13-17-31(4,5)28-24)23-15-19-33(8,9)30-26/h24-25H,10-23H2,1-9H3. The Labute approximate surface area is 225 Å². The zero-order valence-corrected chi connectivity index (χ0v) is 29.7. The van der Waals surface area contributed by atoms with Gasteiger partial charge in [-0.1, -0.05) is 73.2 Å². The van der Waals surface area contributed by atoms with Gasteiger partial charge in [0.25, 0.3) is 0 Å². The Balaban J connectivity index is 2.62. The van der Waals surface area contributed by atoms with E-state index in [1.807, 2.05) is 0 Å². The van der Waals surface area contributed by atoms with Crippen LogP contribution < -0.4 is 0 Å². The summed E-state index contributed by atoms with van der Waals surface area (Å²) < 4.78 is 21.8. The van der Waals surface area contributed by atoms with Crippen LogP contribution in [0.25, 0.3) is 0 Å². The van der Waals surface area contributed by atoms with Gasteiger partial charge in [0, 0.05) is 5.33 Å². The second-order valence-corrected chi connectivity index (χ2v) is 32.0. The second-order valence-electron chi connectivity index (χ2n) is 13.4. The van der Waals surface area contributed by atoms with E-state index >= 15 is 0 Å². The molecule has 0 amide bonds. The maximum absolute atomic E-state index is 7.39. The average molecular weight is 610 g/mol. The number of hydrogen-bond acceptors (Lipinski definition) is 3. The number of fused-ring (bicyclic) bond motifs is 6. The fourth-order valence-electron chi connectivity index (χ4n) is 6.94. The number of rotatable bonds is 5. The lowest BCUT2D eigenvalue weighted by atomic mass is 9.89. The van der Waals surface area contributed by atoms with Gasteiger partial charge in [-0.2, -0.15) is 0 Å². The van der Waals surface area contributed by atoms with E-state index in [1.165, 1.54) is 68.0 Å². The summed E-state index contributed by atoms with van der Waals surface area (Å²) in [6, 6.07) is 9.90. The molecule has 34 heavy (non-hydrogen) atoms. The predicted molar refractivity (Wildman–Crippen MR) is 164 cm³/mol. The van der Waals surface area contributed by atoms with Gasteiger partial charge in [0.2, 0.25) is 0 Å². The van der Waals surface area contributed by atoms with E-state index in [0.717, 1.165) is 18.2 Å². The number of hydrogen-bond donors (Lipinski definition) is 0. The maximum Gasteiger partial charge on any atom is 0.187 e. The first-order chi connectivity index (χ1) is 15.7. The van der Waals surface area contributed by atoms with Crippen molar-refractivity contribution >= 4 is 49.0 Å². The Morgan fingerprint density at radius 3 is 1.50 bits per heavy atom. The third-order valence-electron chi connectivity index (χ3n) is 8.74. The number of halogens is 1. The van der Waals surface area contributed by atoms with Crippen LogP contribution in [0.5, 0.6) is 0 Å². The van der Waals surface area contributed by atoms with Crippen LogP contribution in [0, 0.1) is 0 Å².